The van der Waals surface area contributed by atoms with Crippen LogP contribution in [0.2, 0.25) is 0 Å². The summed E-state index contributed by atoms with van der Waals surface area (Å²) in [6.45, 7) is 0. The van der Waals surface area contributed by atoms with Crippen LogP contribution in [0.4, 0.5) is 13.2 Å². The molecule has 1 nitrogen and oxygen atoms in total. The first-order valence-corrected chi connectivity index (χ1v) is 3.56. The van der Waals surface area contributed by atoms with E-state index in [0.29, 0.717) is 0 Å². The van der Waals surface area contributed by atoms with Crippen LogP contribution in [0.3, 0.4) is 0 Å². The molecule has 1 aromatic heterocycles. The van der Waals surface area contributed by atoms with E-state index in [9.17, 15) is 13.2 Å². The van der Waals surface area contributed by atoms with Gasteiger partial charge in [0, 0.05) is 12.4 Å². The minimum Gasteiger partial charge on any atom is -0.264 e. The molecule has 0 bridgehead atoms. The molecule has 0 saturated heterocycles. The first-order chi connectivity index (χ1) is 5.52. The molecule has 0 aromatic carbocycles. The topological polar surface area (TPSA) is 12.9 Å². The number of alkyl halides is 4. The highest BCUT2D eigenvalue weighted by molar-refractivity contribution is 6.21. The van der Waals surface area contributed by atoms with Gasteiger partial charge in [-0.2, -0.15) is 13.2 Å². The van der Waals surface area contributed by atoms with Gasteiger partial charge >= 0.3 is 6.18 Å². The van der Waals surface area contributed by atoms with E-state index in [4.69, 9.17) is 11.6 Å². The predicted molar refractivity (Wildman–Crippen MR) is 38.9 cm³/mol. The number of hydrogen-bond acceptors (Lipinski definition) is 1. The minimum absolute atomic E-state index is 0.0355. The number of pyridine rings is 1. The predicted octanol–water partition coefficient (Wildman–Crippen LogP) is 2.92. The van der Waals surface area contributed by atoms with Crippen LogP contribution in [0.5, 0.6) is 0 Å². The van der Waals surface area contributed by atoms with Crippen molar-refractivity contribution in [2.45, 2.75) is 11.6 Å². The maximum absolute atomic E-state index is 12.0. The van der Waals surface area contributed by atoms with Gasteiger partial charge in [0.05, 0.1) is 0 Å². The fourth-order valence-electron chi connectivity index (χ4n) is 0.715. The van der Waals surface area contributed by atoms with Gasteiger partial charge in [0.2, 0.25) is 0 Å². The van der Waals surface area contributed by atoms with Crippen LogP contribution in [0, 0.1) is 0 Å². The van der Waals surface area contributed by atoms with Crippen LogP contribution in [0.25, 0.3) is 0 Å². The molecule has 0 aliphatic rings. The summed E-state index contributed by atoms with van der Waals surface area (Å²) in [5.41, 5.74) is -0.0355. The Bertz CT molecular complexity index is 247. The Morgan fingerprint density at radius 2 is 2.08 bits per heavy atom. The van der Waals surface area contributed by atoms with E-state index in [0.717, 1.165) is 6.20 Å². The monoisotopic (exact) mass is 195 g/mol. The lowest BCUT2D eigenvalue weighted by atomic mass is 10.2. The number of hydrogen-bond donors (Lipinski definition) is 0. The zero-order valence-electron chi connectivity index (χ0n) is 5.85. The summed E-state index contributed by atoms with van der Waals surface area (Å²) in [5.74, 6) is 0. The molecule has 0 amide bonds. The van der Waals surface area contributed by atoms with Gasteiger partial charge in [0.15, 0.2) is 5.38 Å². The van der Waals surface area contributed by atoms with Crippen molar-refractivity contribution in [1.29, 1.82) is 0 Å². The molecule has 66 valence electrons. The fraction of sp³-hybridized carbons (Fsp3) is 0.286. The highest BCUT2D eigenvalue weighted by Crippen LogP contribution is 2.37. The van der Waals surface area contributed by atoms with Crippen molar-refractivity contribution in [3.05, 3.63) is 30.1 Å². The van der Waals surface area contributed by atoms with E-state index in [1.54, 1.807) is 0 Å². The molecule has 0 N–H and O–H groups in total. The molecule has 0 radical (unpaired) electrons. The molecule has 0 spiro atoms. The van der Waals surface area contributed by atoms with E-state index < -0.39 is 11.6 Å². The summed E-state index contributed by atoms with van der Waals surface area (Å²) in [4.78, 5) is 3.53. The SMILES string of the molecule is FC(F)(F)C(Cl)c1cccnc1. The summed E-state index contributed by atoms with van der Waals surface area (Å²) >= 11 is 5.12. The van der Waals surface area contributed by atoms with E-state index in [1.165, 1.54) is 18.3 Å². The maximum Gasteiger partial charge on any atom is 0.408 e. The largest absolute Gasteiger partial charge is 0.408 e. The van der Waals surface area contributed by atoms with Crippen molar-refractivity contribution < 1.29 is 13.2 Å². The van der Waals surface area contributed by atoms with Crippen LogP contribution in [0.15, 0.2) is 24.5 Å². The molecular weight excluding hydrogens is 191 g/mol. The van der Waals surface area contributed by atoms with Gasteiger partial charge in [0.25, 0.3) is 0 Å². The van der Waals surface area contributed by atoms with Gasteiger partial charge < -0.3 is 0 Å². The van der Waals surface area contributed by atoms with Crippen molar-refractivity contribution >= 4 is 11.6 Å². The molecule has 0 saturated carbocycles. The second-order valence-corrected chi connectivity index (χ2v) is 2.63. The number of halogens is 4. The van der Waals surface area contributed by atoms with Gasteiger partial charge in [-0.1, -0.05) is 6.07 Å². The molecule has 1 atom stereocenters. The molecule has 0 fully saturated rings. The first kappa shape index (κ1) is 9.32. The molecule has 1 heterocycles. The second kappa shape index (κ2) is 3.31. The van der Waals surface area contributed by atoms with Crippen molar-refractivity contribution in [3.63, 3.8) is 0 Å². The molecule has 0 aliphatic carbocycles. The van der Waals surface area contributed by atoms with Crippen molar-refractivity contribution in [1.82, 2.24) is 4.98 Å². The third kappa shape index (κ3) is 2.11. The van der Waals surface area contributed by atoms with Crippen LogP contribution in [-0.2, 0) is 0 Å². The lowest BCUT2D eigenvalue weighted by Crippen LogP contribution is -2.15. The Balaban J connectivity index is 2.86. The smallest absolute Gasteiger partial charge is 0.264 e. The second-order valence-electron chi connectivity index (χ2n) is 2.19. The summed E-state index contributed by atoms with van der Waals surface area (Å²) < 4.78 is 35.9. The number of aromatic nitrogens is 1. The number of nitrogens with zero attached hydrogens (tertiary/aromatic N) is 1. The average molecular weight is 196 g/mol. The van der Waals surface area contributed by atoms with Crippen molar-refractivity contribution in [2.24, 2.45) is 0 Å². The van der Waals surface area contributed by atoms with E-state index >= 15 is 0 Å². The standard InChI is InChI=1S/C7H5ClF3N/c8-6(7(9,10)11)5-2-1-3-12-4-5/h1-4,6H. The molecule has 1 unspecified atom stereocenters. The van der Waals surface area contributed by atoms with Gasteiger partial charge in [-0.05, 0) is 11.6 Å². The van der Waals surface area contributed by atoms with E-state index in [1.807, 2.05) is 0 Å². The Kier molecular flexibility index (Phi) is 2.57. The zero-order chi connectivity index (χ0) is 9.19. The van der Waals surface area contributed by atoms with E-state index in [2.05, 4.69) is 4.98 Å². The first-order valence-electron chi connectivity index (χ1n) is 3.12. The van der Waals surface area contributed by atoms with Gasteiger partial charge in [-0.25, -0.2) is 0 Å². The molecule has 5 heteroatoms. The van der Waals surface area contributed by atoms with Crippen molar-refractivity contribution in [2.75, 3.05) is 0 Å². The Morgan fingerprint density at radius 1 is 1.42 bits per heavy atom. The van der Waals surface area contributed by atoms with Crippen molar-refractivity contribution in [3.8, 4) is 0 Å². The average Bonchev–Trinajstić information content (AvgIpc) is 2.03. The van der Waals surface area contributed by atoms with Gasteiger partial charge in [-0.3, -0.25) is 4.98 Å². The Hall–Kier alpha value is -0.770. The molecule has 12 heavy (non-hydrogen) atoms. The van der Waals surface area contributed by atoms with Crippen LogP contribution >= 0.6 is 11.6 Å². The van der Waals surface area contributed by atoms with Crippen LogP contribution in [0.1, 0.15) is 10.9 Å². The summed E-state index contributed by atoms with van der Waals surface area (Å²) in [6, 6.07) is 2.70. The fourth-order valence-corrected chi connectivity index (χ4v) is 0.844. The van der Waals surface area contributed by atoms with Gasteiger partial charge in [-0.15, -0.1) is 11.6 Å². The zero-order valence-corrected chi connectivity index (χ0v) is 6.60. The molecule has 0 aliphatic heterocycles. The van der Waals surface area contributed by atoms with E-state index in [-0.39, 0.29) is 5.56 Å². The third-order valence-electron chi connectivity index (χ3n) is 1.26. The summed E-state index contributed by atoms with van der Waals surface area (Å²) in [6.07, 6.45) is -1.92. The van der Waals surface area contributed by atoms with Gasteiger partial charge in [0.1, 0.15) is 0 Å². The highest BCUT2D eigenvalue weighted by Gasteiger charge is 2.39. The summed E-state index contributed by atoms with van der Waals surface area (Å²) in [5, 5.41) is -1.97. The normalized spacial score (nSPS) is 14.3. The lowest BCUT2D eigenvalue weighted by Gasteiger charge is -2.12. The quantitative estimate of drug-likeness (QED) is 0.628. The van der Waals surface area contributed by atoms with Crippen LogP contribution < -0.4 is 0 Å². The lowest BCUT2D eigenvalue weighted by molar-refractivity contribution is -0.131. The van der Waals surface area contributed by atoms with Crippen LogP contribution in [-0.4, -0.2) is 11.2 Å². The Morgan fingerprint density at radius 3 is 2.50 bits per heavy atom. The maximum atomic E-state index is 12.0. The Labute approximate surface area is 72.2 Å². The number of rotatable bonds is 1. The highest BCUT2D eigenvalue weighted by atomic mass is 35.5. The molecule has 1 rings (SSSR count). The molecule has 1 aromatic rings. The third-order valence-corrected chi connectivity index (χ3v) is 1.76. The summed E-state index contributed by atoms with van der Waals surface area (Å²) in [7, 11) is 0. The molecular formula is C7H5ClF3N. The minimum atomic E-state index is -4.41.